The monoisotopic (exact) mass is 381 g/mol. The first-order valence-corrected chi connectivity index (χ1v) is 7.66. The van der Waals surface area contributed by atoms with Crippen LogP contribution >= 0.6 is 0 Å². The van der Waals surface area contributed by atoms with E-state index in [4.69, 9.17) is 15.6 Å². The number of anilines is 1. The number of carbonyl (C=O) groups excluding carboxylic acids is 1. The molecule has 0 unspecified atom stereocenters. The minimum Gasteiger partial charge on any atom is -0.492 e. The van der Waals surface area contributed by atoms with Gasteiger partial charge in [0.25, 0.3) is 12.3 Å². The van der Waals surface area contributed by atoms with Gasteiger partial charge < -0.3 is 20.9 Å². The SMILES string of the molecule is NC1=N[C@@](c2cc(NC(=O)c3ccc(O)nn3)ccc2F)(C(F)F)COC1. The molecule has 0 aliphatic carbocycles. The zero-order valence-electron chi connectivity index (χ0n) is 13.7. The number of benzene rings is 1. The normalized spacial score (nSPS) is 19.6. The van der Waals surface area contributed by atoms with Gasteiger partial charge in [-0.3, -0.25) is 9.79 Å². The van der Waals surface area contributed by atoms with Crippen molar-refractivity contribution in [3.05, 3.63) is 47.4 Å². The predicted octanol–water partition coefficient (Wildman–Crippen LogP) is 1.42. The van der Waals surface area contributed by atoms with Gasteiger partial charge >= 0.3 is 0 Å². The molecule has 4 N–H and O–H groups in total. The second-order valence-electron chi connectivity index (χ2n) is 5.75. The molecule has 142 valence electrons. The van der Waals surface area contributed by atoms with Gasteiger partial charge in [-0.1, -0.05) is 0 Å². The molecular formula is C16H14F3N5O3. The molecule has 0 bridgehead atoms. The molecular weight excluding hydrogens is 367 g/mol. The fraction of sp³-hybridized carbons (Fsp3) is 0.250. The Morgan fingerprint density at radius 1 is 1.30 bits per heavy atom. The maximum absolute atomic E-state index is 14.3. The second-order valence-corrected chi connectivity index (χ2v) is 5.75. The second kappa shape index (κ2) is 7.19. The summed E-state index contributed by atoms with van der Waals surface area (Å²) < 4.78 is 46.9. The number of aliphatic imine (C=N–C) groups is 1. The molecule has 1 aliphatic rings. The minimum absolute atomic E-state index is 0.0330. The highest BCUT2D eigenvalue weighted by Gasteiger charge is 2.46. The lowest BCUT2D eigenvalue weighted by atomic mass is 9.90. The molecule has 11 heteroatoms. The highest BCUT2D eigenvalue weighted by molar-refractivity contribution is 6.02. The zero-order chi connectivity index (χ0) is 19.6. The summed E-state index contributed by atoms with van der Waals surface area (Å²) in [5, 5.41) is 18.3. The number of ether oxygens (including phenoxy) is 1. The Morgan fingerprint density at radius 2 is 2.07 bits per heavy atom. The predicted molar refractivity (Wildman–Crippen MR) is 88.2 cm³/mol. The summed E-state index contributed by atoms with van der Waals surface area (Å²) in [6.45, 7) is -0.699. The van der Waals surface area contributed by atoms with Gasteiger partial charge in [0.1, 0.15) is 18.3 Å². The minimum atomic E-state index is -3.10. The molecule has 0 spiro atoms. The van der Waals surface area contributed by atoms with Gasteiger partial charge in [-0.05, 0) is 24.3 Å². The Bertz CT molecular complexity index is 891. The number of alkyl halides is 2. The number of rotatable bonds is 4. The highest BCUT2D eigenvalue weighted by Crippen LogP contribution is 2.37. The third kappa shape index (κ3) is 3.67. The van der Waals surface area contributed by atoms with E-state index in [2.05, 4.69) is 20.5 Å². The van der Waals surface area contributed by atoms with Crippen LogP contribution in [0.5, 0.6) is 5.88 Å². The topological polar surface area (TPSA) is 123 Å². The number of nitrogens with one attached hydrogen (secondary N) is 1. The quantitative estimate of drug-likeness (QED) is 0.736. The van der Waals surface area contributed by atoms with Crippen LogP contribution in [-0.2, 0) is 10.3 Å². The summed E-state index contributed by atoms with van der Waals surface area (Å²) in [7, 11) is 0. The first kappa shape index (κ1) is 18.6. The van der Waals surface area contributed by atoms with Crippen molar-refractivity contribution in [2.24, 2.45) is 10.7 Å². The van der Waals surface area contributed by atoms with E-state index >= 15 is 0 Å². The number of hydrogen-bond donors (Lipinski definition) is 3. The van der Waals surface area contributed by atoms with E-state index in [1.54, 1.807) is 0 Å². The van der Waals surface area contributed by atoms with Crippen LogP contribution in [0.25, 0.3) is 0 Å². The summed E-state index contributed by atoms with van der Waals surface area (Å²) in [6, 6.07) is 5.53. The molecule has 1 aromatic heterocycles. The fourth-order valence-corrected chi connectivity index (χ4v) is 2.58. The van der Waals surface area contributed by atoms with Gasteiger partial charge in [-0.15, -0.1) is 10.2 Å². The average Bonchev–Trinajstić information content (AvgIpc) is 2.63. The third-order valence-electron chi connectivity index (χ3n) is 3.85. The lowest BCUT2D eigenvalue weighted by Gasteiger charge is -2.33. The number of aromatic nitrogens is 2. The van der Waals surface area contributed by atoms with Crippen molar-refractivity contribution >= 4 is 17.4 Å². The average molecular weight is 381 g/mol. The van der Waals surface area contributed by atoms with E-state index in [-0.39, 0.29) is 29.7 Å². The number of hydrogen-bond acceptors (Lipinski definition) is 7. The zero-order valence-corrected chi connectivity index (χ0v) is 13.7. The molecule has 0 fully saturated rings. The molecule has 2 heterocycles. The molecule has 1 atom stereocenters. The summed E-state index contributed by atoms with van der Waals surface area (Å²) in [5.74, 6) is -2.23. The molecule has 3 rings (SSSR count). The van der Waals surface area contributed by atoms with Crippen molar-refractivity contribution < 1.29 is 27.8 Å². The third-order valence-corrected chi connectivity index (χ3v) is 3.85. The van der Waals surface area contributed by atoms with Crippen molar-refractivity contribution in [2.45, 2.75) is 12.0 Å². The largest absolute Gasteiger partial charge is 0.492 e. The summed E-state index contributed by atoms with van der Waals surface area (Å²) in [6.07, 6.45) is -3.10. The van der Waals surface area contributed by atoms with Crippen molar-refractivity contribution in [3.8, 4) is 5.88 Å². The van der Waals surface area contributed by atoms with Crippen molar-refractivity contribution in [3.63, 3.8) is 0 Å². The number of carbonyl (C=O) groups is 1. The van der Waals surface area contributed by atoms with Gasteiger partial charge in [-0.25, -0.2) is 13.2 Å². The molecule has 0 saturated carbocycles. The molecule has 0 saturated heterocycles. The van der Waals surface area contributed by atoms with E-state index < -0.39 is 35.9 Å². The van der Waals surface area contributed by atoms with Gasteiger partial charge in [0.15, 0.2) is 11.2 Å². The van der Waals surface area contributed by atoms with E-state index in [0.29, 0.717) is 0 Å². The highest BCUT2D eigenvalue weighted by atomic mass is 19.3. The molecule has 1 aromatic carbocycles. The van der Waals surface area contributed by atoms with Gasteiger partial charge in [-0.2, -0.15) is 0 Å². The van der Waals surface area contributed by atoms with Crippen LogP contribution in [0.1, 0.15) is 16.1 Å². The number of nitrogens with zero attached hydrogens (tertiary/aromatic N) is 3. The maximum atomic E-state index is 14.3. The van der Waals surface area contributed by atoms with Gasteiger partial charge in [0, 0.05) is 17.3 Å². The first-order chi connectivity index (χ1) is 12.8. The first-order valence-electron chi connectivity index (χ1n) is 7.66. The molecule has 0 radical (unpaired) electrons. The Kier molecular flexibility index (Phi) is 4.95. The number of amidine groups is 1. The van der Waals surface area contributed by atoms with Gasteiger partial charge in [0.2, 0.25) is 5.88 Å². The Labute approximate surface area is 150 Å². The molecule has 2 aromatic rings. The van der Waals surface area contributed by atoms with Gasteiger partial charge in [0.05, 0.1) is 6.61 Å². The van der Waals surface area contributed by atoms with Crippen LogP contribution in [-0.4, -0.2) is 46.7 Å². The van der Waals surface area contributed by atoms with Crippen LogP contribution in [0.2, 0.25) is 0 Å². The number of amides is 1. The fourth-order valence-electron chi connectivity index (χ4n) is 2.58. The van der Waals surface area contributed by atoms with E-state index in [1.807, 2.05) is 0 Å². The Morgan fingerprint density at radius 3 is 2.70 bits per heavy atom. The smallest absolute Gasteiger partial charge is 0.276 e. The molecule has 1 aliphatic heterocycles. The lowest BCUT2D eigenvalue weighted by molar-refractivity contribution is -0.0145. The van der Waals surface area contributed by atoms with Crippen molar-refractivity contribution in [2.75, 3.05) is 18.5 Å². The van der Waals surface area contributed by atoms with Crippen molar-refractivity contribution in [1.82, 2.24) is 10.2 Å². The number of halogens is 3. The summed E-state index contributed by atoms with van der Waals surface area (Å²) in [4.78, 5) is 15.9. The van der Waals surface area contributed by atoms with Crippen molar-refractivity contribution in [1.29, 1.82) is 0 Å². The van der Waals surface area contributed by atoms with Crippen LogP contribution < -0.4 is 11.1 Å². The number of nitrogens with two attached hydrogens (primary N) is 1. The van der Waals surface area contributed by atoms with Crippen LogP contribution in [0.4, 0.5) is 18.9 Å². The van der Waals surface area contributed by atoms with E-state index in [1.165, 1.54) is 12.1 Å². The van der Waals surface area contributed by atoms with Crippen LogP contribution in [0.3, 0.4) is 0 Å². The standard InChI is InChI=1S/C16H14F3N5O3/c17-10-2-1-8(21-14(26)11-3-4-13(25)24-23-11)5-9(10)16(15(18)19)7-27-6-12(20)22-16/h1-5,15H,6-7H2,(H2,20,22)(H,21,26)(H,24,25)/t16-/m0/s1. The molecule has 27 heavy (non-hydrogen) atoms. The van der Waals surface area contributed by atoms with Crippen LogP contribution in [0, 0.1) is 5.82 Å². The number of aromatic hydroxyl groups is 1. The lowest BCUT2D eigenvalue weighted by Crippen LogP contribution is -2.45. The molecule has 1 amide bonds. The van der Waals surface area contributed by atoms with E-state index in [0.717, 1.165) is 18.2 Å². The van der Waals surface area contributed by atoms with Crippen LogP contribution in [0.15, 0.2) is 35.3 Å². The summed E-state index contributed by atoms with van der Waals surface area (Å²) in [5.41, 5.74) is 2.63. The van der Waals surface area contributed by atoms with E-state index in [9.17, 15) is 18.0 Å². The Balaban J connectivity index is 1.95. The Hall–Kier alpha value is -3.21. The maximum Gasteiger partial charge on any atom is 0.276 e. The summed E-state index contributed by atoms with van der Waals surface area (Å²) >= 11 is 0. The molecule has 8 nitrogen and oxygen atoms in total.